The molecule has 2 saturated heterocycles. The van der Waals surface area contributed by atoms with E-state index in [1.807, 2.05) is 18.2 Å². The van der Waals surface area contributed by atoms with Crippen LogP contribution >= 0.6 is 0 Å². The Kier molecular flexibility index (Phi) is 5.21. The van der Waals surface area contributed by atoms with E-state index in [1.54, 1.807) is 10.4 Å². The summed E-state index contributed by atoms with van der Waals surface area (Å²) in [5.74, 6) is -1.44. The molecule has 2 aliphatic heterocycles. The summed E-state index contributed by atoms with van der Waals surface area (Å²) < 4.78 is 4.93. The van der Waals surface area contributed by atoms with E-state index in [1.165, 1.54) is 17.6 Å². The zero-order valence-corrected chi connectivity index (χ0v) is 16.5. The summed E-state index contributed by atoms with van der Waals surface area (Å²) in [6.07, 6.45) is 2.51. The Hall–Kier alpha value is -2.61. The van der Waals surface area contributed by atoms with Gasteiger partial charge in [-0.05, 0) is 36.7 Å². The number of nitrogens with zero attached hydrogens (tertiary/aromatic N) is 2. The molecule has 1 aromatic carbocycles. The van der Waals surface area contributed by atoms with Gasteiger partial charge in [0, 0.05) is 25.6 Å². The Balaban J connectivity index is 1.58. The number of nitrogens with one attached hydrogen (secondary N) is 1. The van der Waals surface area contributed by atoms with Crippen molar-refractivity contribution < 1.29 is 24.3 Å². The van der Waals surface area contributed by atoms with Crippen LogP contribution in [0.5, 0.6) is 0 Å². The van der Waals surface area contributed by atoms with E-state index in [0.29, 0.717) is 26.1 Å². The minimum atomic E-state index is -0.963. The first kappa shape index (κ1) is 19.7. The largest absolute Gasteiger partial charge is 0.453 e. The van der Waals surface area contributed by atoms with Gasteiger partial charge in [-0.3, -0.25) is 19.7 Å². The summed E-state index contributed by atoms with van der Waals surface area (Å²) in [4.78, 5) is 41.6. The maximum atomic E-state index is 13.5. The monoisotopic (exact) mass is 401 g/mol. The van der Waals surface area contributed by atoms with E-state index in [2.05, 4.69) is 12.1 Å². The summed E-state index contributed by atoms with van der Waals surface area (Å²) in [6.45, 7) is 1.52. The molecule has 0 radical (unpaired) electrons. The Morgan fingerprint density at radius 3 is 2.55 bits per heavy atom. The average Bonchev–Trinajstić information content (AvgIpc) is 3.31. The van der Waals surface area contributed by atoms with Crippen LogP contribution in [0.25, 0.3) is 0 Å². The van der Waals surface area contributed by atoms with Crippen LogP contribution in [0.3, 0.4) is 0 Å². The standard InChI is InChI=1S/C21H27N3O5/c1-29-20(27)24-13-21(8-9-21)11-16(18(25)22-28)17(24)19(26)23-10-7-15(12-23)14-5-3-2-4-6-14/h2-6,15-17,28H,7-13H2,1H3,(H,22,25). The maximum Gasteiger partial charge on any atom is 0.410 e. The second kappa shape index (κ2) is 7.67. The summed E-state index contributed by atoms with van der Waals surface area (Å²) >= 11 is 0. The van der Waals surface area contributed by atoms with Gasteiger partial charge < -0.3 is 9.64 Å². The molecule has 156 valence electrons. The zero-order valence-electron chi connectivity index (χ0n) is 16.5. The van der Waals surface area contributed by atoms with Crippen LogP contribution in [0.2, 0.25) is 0 Å². The normalized spacial score (nSPS) is 27.6. The Morgan fingerprint density at radius 2 is 1.93 bits per heavy atom. The van der Waals surface area contributed by atoms with Gasteiger partial charge in [-0.25, -0.2) is 10.3 Å². The van der Waals surface area contributed by atoms with Gasteiger partial charge in [0.1, 0.15) is 6.04 Å². The Morgan fingerprint density at radius 1 is 1.21 bits per heavy atom. The van der Waals surface area contributed by atoms with E-state index < -0.39 is 24.0 Å². The topological polar surface area (TPSA) is 99.2 Å². The quantitative estimate of drug-likeness (QED) is 0.594. The Labute approximate surface area is 169 Å². The number of carbonyl (C=O) groups is 3. The van der Waals surface area contributed by atoms with Crippen molar-refractivity contribution in [3.63, 3.8) is 0 Å². The van der Waals surface area contributed by atoms with Gasteiger partial charge >= 0.3 is 6.09 Å². The van der Waals surface area contributed by atoms with Crippen LogP contribution < -0.4 is 5.48 Å². The first-order valence-electron chi connectivity index (χ1n) is 10.1. The highest BCUT2D eigenvalue weighted by Crippen LogP contribution is 2.55. The lowest BCUT2D eigenvalue weighted by Gasteiger charge is -2.43. The molecule has 3 atom stereocenters. The molecule has 3 fully saturated rings. The fourth-order valence-corrected chi connectivity index (χ4v) is 4.92. The molecule has 3 aliphatic rings. The van der Waals surface area contributed by atoms with E-state index >= 15 is 0 Å². The predicted molar refractivity (Wildman–Crippen MR) is 103 cm³/mol. The minimum Gasteiger partial charge on any atom is -0.453 e. The summed E-state index contributed by atoms with van der Waals surface area (Å²) in [5.41, 5.74) is 2.72. The van der Waals surface area contributed by atoms with Crippen molar-refractivity contribution in [1.82, 2.24) is 15.3 Å². The van der Waals surface area contributed by atoms with Gasteiger partial charge in [-0.15, -0.1) is 0 Å². The van der Waals surface area contributed by atoms with Crippen molar-refractivity contribution in [2.24, 2.45) is 11.3 Å². The van der Waals surface area contributed by atoms with Gasteiger partial charge in [0.05, 0.1) is 13.0 Å². The molecule has 3 amide bonds. The third-order valence-corrected chi connectivity index (χ3v) is 6.71. The molecular formula is C21H27N3O5. The van der Waals surface area contributed by atoms with Crippen molar-refractivity contribution >= 4 is 17.9 Å². The molecule has 0 bridgehead atoms. The molecule has 1 aromatic rings. The molecule has 8 nitrogen and oxygen atoms in total. The van der Waals surface area contributed by atoms with Crippen LogP contribution in [0.1, 0.15) is 37.2 Å². The van der Waals surface area contributed by atoms with Crippen LogP contribution in [-0.2, 0) is 14.3 Å². The van der Waals surface area contributed by atoms with Gasteiger partial charge in [0.25, 0.3) is 0 Å². The van der Waals surface area contributed by atoms with Crippen molar-refractivity contribution in [2.75, 3.05) is 26.7 Å². The molecule has 4 rings (SSSR count). The molecule has 0 aromatic heterocycles. The van der Waals surface area contributed by atoms with Gasteiger partial charge in [0.2, 0.25) is 11.8 Å². The van der Waals surface area contributed by atoms with Crippen LogP contribution in [0.4, 0.5) is 4.79 Å². The number of rotatable bonds is 3. The van der Waals surface area contributed by atoms with Crippen LogP contribution in [0, 0.1) is 11.3 Å². The lowest BCUT2D eigenvalue weighted by atomic mass is 9.80. The first-order chi connectivity index (χ1) is 14.0. The van der Waals surface area contributed by atoms with Crippen LogP contribution in [0.15, 0.2) is 30.3 Å². The van der Waals surface area contributed by atoms with Crippen molar-refractivity contribution in [1.29, 1.82) is 0 Å². The van der Waals surface area contributed by atoms with Gasteiger partial charge in [-0.1, -0.05) is 30.3 Å². The maximum absolute atomic E-state index is 13.5. The third kappa shape index (κ3) is 3.69. The van der Waals surface area contributed by atoms with Gasteiger partial charge in [-0.2, -0.15) is 0 Å². The fraction of sp³-hybridized carbons (Fsp3) is 0.571. The number of benzene rings is 1. The lowest BCUT2D eigenvalue weighted by Crippen LogP contribution is -2.61. The highest BCUT2D eigenvalue weighted by molar-refractivity contribution is 5.93. The zero-order chi connectivity index (χ0) is 20.6. The minimum absolute atomic E-state index is 0.153. The summed E-state index contributed by atoms with van der Waals surface area (Å²) in [6, 6.07) is 9.07. The first-order valence-corrected chi connectivity index (χ1v) is 10.1. The molecule has 1 saturated carbocycles. The Bertz CT molecular complexity index is 767. The molecule has 8 heteroatoms. The molecule has 1 spiro atoms. The summed E-state index contributed by atoms with van der Waals surface area (Å²) in [5, 5.41) is 9.26. The van der Waals surface area contributed by atoms with Crippen molar-refractivity contribution in [2.45, 2.75) is 37.6 Å². The van der Waals surface area contributed by atoms with Crippen molar-refractivity contribution in [3.05, 3.63) is 35.9 Å². The fourth-order valence-electron chi connectivity index (χ4n) is 4.92. The van der Waals surface area contributed by atoms with Crippen LogP contribution in [-0.4, -0.2) is 65.7 Å². The van der Waals surface area contributed by atoms with E-state index in [4.69, 9.17) is 4.74 Å². The second-order valence-electron chi connectivity index (χ2n) is 8.51. The number of hydroxylamine groups is 1. The van der Waals surface area contributed by atoms with Gasteiger partial charge in [0.15, 0.2) is 0 Å². The number of methoxy groups -OCH3 is 1. The highest BCUT2D eigenvalue weighted by atomic mass is 16.5. The number of hydrogen-bond donors (Lipinski definition) is 2. The second-order valence-corrected chi connectivity index (χ2v) is 8.51. The predicted octanol–water partition coefficient (Wildman–Crippen LogP) is 1.75. The average molecular weight is 401 g/mol. The van der Waals surface area contributed by atoms with E-state index in [-0.39, 0.29) is 17.2 Å². The smallest absolute Gasteiger partial charge is 0.410 e. The number of carbonyl (C=O) groups excluding carboxylic acids is 3. The van der Waals surface area contributed by atoms with Crippen molar-refractivity contribution in [3.8, 4) is 0 Å². The molecular weight excluding hydrogens is 374 g/mol. The van der Waals surface area contributed by atoms with E-state index in [9.17, 15) is 19.6 Å². The number of hydrogen-bond acceptors (Lipinski definition) is 5. The molecule has 2 N–H and O–H groups in total. The van der Waals surface area contributed by atoms with E-state index in [0.717, 1.165) is 19.3 Å². The molecule has 1 aliphatic carbocycles. The molecule has 2 heterocycles. The highest BCUT2D eigenvalue weighted by Gasteiger charge is 2.57. The number of likely N-dealkylation sites (tertiary alicyclic amines) is 2. The molecule has 29 heavy (non-hydrogen) atoms. The third-order valence-electron chi connectivity index (χ3n) is 6.71. The SMILES string of the molecule is COC(=O)N1CC2(CC2)CC(C(=O)NO)C1C(=O)N1CCC(c2ccccc2)C1. The number of ether oxygens (including phenoxy) is 1. The summed E-state index contributed by atoms with van der Waals surface area (Å²) in [7, 11) is 1.28. The number of piperidine rings is 1. The lowest BCUT2D eigenvalue weighted by molar-refractivity contribution is -0.149. The molecule has 3 unspecified atom stereocenters. The number of amides is 3.